The first-order valence-electron chi connectivity index (χ1n) is 5.46. The topological polar surface area (TPSA) is 0 Å². The summed E-state index contributed by atoms with van der Waals surface area (Å²) in [6, 6.07) is 0. The van der Waals surface area contributed by atoms with E-state index in [0.717, 1.165) is 9.66 Å². The van der Waals surface area contributed by atoms with Crippen molar-refractivity contribution in [3.05, 3.63) is 0 Å². The molecule has 0 nitrogen and oxygen atoms in total. The van der Waals surface area contributed by atoms with Crippen LogP contribution >= 0.6 is 0 Å². The van der Waals surface area contributed by atoms with Crippen molar-refractivity contribution in [3.8, 4) is 0 Å². The van der Waals surface area contributed by atoms with Crippen LogP contribution in [0.3, 0.4) is 0 Å². The Labute approximate surface area is 78.5 Å². The van der Waals surface area contributed by atoms with Crippen LogP contribution in [0.15, 0.2) is 0 Å². The molecule has 0 aromatic carbocycles. The zero-order valence-electron chi connectivity index (χ0n) is 8.78. The molecular weight excluding hydrogens is 205 g/mol. The zero-order valence-corrected chi connectivity index (χ0v) is 10.9. The molecule has 0 bridgehead atoms. The third kappa shape index (κ3) is 0.506. The molecule has 4 unspecified atom stereocenters. The van der Waals surface area contributed by atoms with Crippen molar-refractivity contribution in [3.63, 3.8) is 0 Å². The van der Waals surface area contributed by atoms with E-state index in [9.17, 15) is 0 Å². The van der Waals surface area contributed by atoms with Crippen LogP contribution < -0.4 is 0 Å². The van der Waals surface area contributed by atoms with Crippen molar-refractivity contribution in [2.24, 2.45) is 17.3 Å². The van der Waals surface area contributed by atoms with E-state index in [-0.39, 0.29) is 0 Å². The van der Waals surface area contributed by atoms with Crippen LogP contribution in [-0.2, 0) is 0 Å². The van der Waals surface area contributed by atoms with E-state index < -0.39 is 13.3 Å². The molecule has 0 spiro atoms. The van der Waals surface area contributed by atoms with Gasteiger partial charge in [0.05, 0.1) is 0 Å². The maximum atomic E-state index is 2.64. The fourth-order valence-corrected chi connectivity index (χ4v) is 15.2. The van der Waals surface area contributed by atoms with Gasteiger partial charge in [-0.3, -0.25) is 0 Å². The second-order valence-electron chi connectivity index (χ2n) is 6.51. The van der Waals surface area contributed by atoms with Crippen molar-refractivity contribution >= 4 is 13.3 Å². The van der Waals surface area contributed by atoms with E-state index in [0.29, 0.717) is 0 Å². The van der Waals surface area contributed by atoms with E-state index in [2.05, 4.69) is 24.2 Å². The SMILES string of the molecule is CC12CCCC3C1[C]32[Ge]([CH3])([CH3])[CH3]. The van der Waals surface area contributed by atoms with Crippen molar-refractivity contribution in [2.45, 2.75) is 47.7 Å². The molecule has 0 aliphatic heterocycles. The van der Waals surface area contributed by atoms with Crippen LogP contribution in [0.25, 0.3) is 0 Å². The van der Waals surface area contributed by atoms with Gasteiger partial charge in [-0.25, -0.2) is 0 Å². The second-order valence-corrected chi connectivity index (χ2v) is 17.7. The van der Waals surface area contributed by atoms with Gasteiger partial charge in [-0.1, -0.05) is 0 Å². The van der Waals surface area contributed by atoms with Gasteiger partial charge in [0, 0.05) is 0 Å². The summed E-state index contributed by atoms with van der Waals surface area (Å²) in [5.74, 6) is 10.4. The maximum absolute atomic E-state index is 2.64. The summed E-state index contributed by atoms with van der Waals surface area (Å²) in [5, 5.41) is 0. The van der Waals surface area contributed by atoms with E-state index in [1.807, 2.05) is 0 Å². The van der Waals surface area contributed by atoms with E-state index in [4.69, 9.17) is 0 Å². The summed E-state index contributed by atoms with van der Waals surface area (Å²) in [5.41, 5.74) is 0.869. The van der Waals surface area contributed by atoms with Gasteiger partial charge in [-0.05, 0) is 0 Å². The van der Waals surface area contributed by atoms with Crippen LogP contribution in [-0.4, -0.2) is 13.3 Å². The Bertz CT molecular complexity index is 252. The van der Waals surface area contributed by atoms with Crippen LogP contribution in [0.4, 0.5) is 0 Å². The fraction of sp³-hybridized carbons (Fsp3) is 1.00. The molecule has 12 heavy (non-hydrogen) atoms. The van der Waals surface area contributed by atoms with Gasteiger partial charge < -0.3 is 0 Å². The van der Waals surface area contributed by atoms with Crippen LogP contribution in [0.1, 0.15) is 26.2 Å². The normalized spacial score (nSPS) is 61.0. The predicted octanol–water partition coefficient (Wildman–Crippen LogP) is 3.51. The average molecular weight is 225 g/mol. The van der Waals surface area contributed by atoms with Gasteiger partial charge in [0.2, 0.25) is 0 Å². The molecule has 3 aliphatic carbocycles. The molecule has 0 aromatic heterocycles. The second kappa shape index (κ2) is 1.69. The Morgan fingerprint density at radius 3 is 2.25 bits per heavy atom. The summed E-state index contributed by atoms with van der Waals surface area (Å²) in [7, 11) is 0. The van der Waals surface area contributed by atoms with Gasteiger partial charge in [0.1, 0.15) is 0 Å². The quantitative estimate of drug-likeness (QED) is 0.598. The van der Waals surface area contributed by atoms with Crippen molar-refractivity contribution in [1.29, 1.82) is 0 Å². The molecule has 68 valence electrons. The van der Waals surface area contributed by atoms with Crippen LogP contribution in [0.5, 0.6) is 0 Å². The van der Waals surface area contributed by atoms with Crippen molar-refractivity contribution < 1.29 is 0 Å². The van der Waals surface area contributed by atoms with Gasteiger partial charge >= 0.3 is 78.2 Å². The zero-order chi connectivity index (χ0) is 8.78. The molecule has 0 amide bonds. The Balaban J connectivity index is 1.98. The third-order valence-corrected chi connectivity index (χ3v) is 13.2. The summed E-state index contributed by atoms with van der Waals surface area (Å²) < 4.78 is 0.991. The Morgan fingerprint density at radius 2 is 1.92 bits per heavy atom. The van der Waals surface area contributed by atoms with Gasteiger partial charge in [0.15, 0.2) is 0 Å². The third-order valence-electron chi connectivity index (χ3n) is 5.37. The summed E-state index contributed by atoms with van der Waals surface area (Å²) in [6.07, 6.45) is 4.69. The minimum atomic E-state index is -1.34. The average Bonchev–Trinajstić information content (AvgIpc) is 2.71. The first kappa shape index (κ1) is 7.90. The molecule has 1 heteroatoms. The Hall–Kier alpha value is 0.543. The Morgan fingerprint density at radius 1 is 1.25 bits per heavy atom. The van der Waals surface area contributed by atoms with Crippen LogP contribution in [0, 0.1) is 17.3 Å². The number of fused-ring (bicyclic) bond motifs is 2. The Kier molecular flexibility index (Phi) is 1.11. The van der Waals surface area contributed by atoms with Gasteiger partial charge in [0.25, 0.3) is 0 Å². The molecule has 0 radical (unpaired) electrons. The molecule has 3 saturated carbocycles. The monoisotopic (exact) mass is 226 g/mol. The number of hydrogen-bond donors (Lipinski definition) is 0. The summed E-state index contributed by atoms with van der Waals surface area (Å²) in [4.78, 5) is 0. The molecular formula is C11H20Ge. The molecule has 3 aliphatic rings. The molecule has 0 saturated heterocycles. The molecule has 0 N–H and O–H groups in total. The fourth-order valence-electron chi connectivity index (χ4n) is 5.30. The van der Waals surface area contributed by atoms with E-state index in [1.165, 1.54) is 18.3 Å². The molecule has 0 heterocycles. The van der Waals surface area contributed by atoms with Crippen molar-refractivity contribution in [1.82, 2.24) is 0 Å². The standard InChI is InChI=1S/C11H20Ge/c1-10-7-5-6-8-9(10)11(8,10)12(2,3)4/h8-9H,5-7H2,1-4H3. The minimum absolute atomic E-state index is 0.869. The molecule has 4 atom stereocenters. The molecule has 3 fully saturated rings. The first-order chi connectivity index (χ1) is 5.46. The molecule has 3 rings (SSSR count). The summed E-state index contributed by atoms with van der Waals surface area (Å²) >= 11 is -1.34. The first-order valence-corrected chi connectivity index (χ1v) is 12.8. The van der Waals surface area contributed by atoms with E-state index in [1.54, 1.807) is 12.8 Å². The van der Waals surface area contributed by atoms with E-state index >= 15 is 0 Å². The molecule has 0 aromatic rings. The number of hydrogen-bond acceptors (Lipinski definition) is 0. The number of rotatable bonds is 1. The van der Waals surface area contributed by atoms with Gasteiger partial charge in [-0.15, -0.1) is 0 Å². The summed E-state index contributed by atoms with van der Waals surface area (Å²) in [6.45, 7) is 2.59. The van der Waals surface area contributed by atoms with Crippen molar-refractivity contribution in [2.75, 3.05) is 0 Å². The van der Waals surface area contributed by atoms with Gasteiger partial charge in [-0.2, -0.15) is 0 Å². The predicted molar refractivity (Wildman–Crippen MR) is 55.0 cm³/mol. The van der Waals surface area contributed by atoms with Crippen LogP contribution in [0.2, 0.25) is 21.5 Å².